The maximum Gasteiger partial charge on any atom is 0.275 e. The number of nitrogens with one attached hydrogen (secondary N) is 1. The number of rotatable bonds is 5. The number of nitrogens with zero attached hydrogens (tertiary/aromatic N) is 3. The van der Waals surface area contributed by atoms with Crippen LogP contribution in [0.4, 0.5) is 11.5 Å². The van der Waals surface area contributed by atoms with Crippen LogP contribution in [0.1, 0.15) is 12.5 Å². The molecular formula is C20H22N4O2. The molecule has 6 heteroatoms. The van der Waals surface area contributed by atoms with Gasteiger partial charge in [0.05, 0.1) is 5.39 Å². The van der Waals surface area contributed by atoms with Crippen molar-refractivity contribution in [2.45, 2.75) is 19.9 Å². The zero-order chi connectivity index (χ0) is 18.7. The third-order valence-electron chi connectivity index (χ3n) is 4.21. The highest BCUT2D eigenvalue weighted by Crippen LogP contribution is 2.19. The zero-order valence-corrected chi connectivity index (χ0v) is 15.2. The molecule has 1 amide bonds. The summed E-state index contributed by atoms with van der Waals surface area (Å²) in [6.07, 6.45) is 0.942. The van der Waals surface area contributed by atoms with E-state index in [4.69, 9.17) is 0 Å². The molecule has 0 radical (unpaired) electrons. The number of aryl methyl sites for hydroxylation is 1. The van der Waals surface area contributed by atoms with Crippen molar-refractivity contribution in [3.05, 3.63) is 64.4 Å². The van der Waals surface area contributed by atoms with E-state index in [1.54, 1.807) is 6.07 Å². The Morgan fingerprint density at radius 1 is 1.08 bits per heavy atom. The number of hydrogen-bond acceptors (Lipinski definition) is 4. The number of amides is 1. The maximum atomic E-state index is 12.7. The lowest BCUT2D eigenvalue weighted by atomic mass is 10.1. The van der Waals surface area contributed by atoms with Gasteiger partial charge >= 0.3 is 0 Å². The first-order valence-corrected chi connectivity index (χ1v) is 8.55. The Labute approximate surface area is 152 Å². The van der Waals surface area contributed by atoms with Gasteiger partial charge in [0, 0.05) is 25.2 Å². The Balaban J connectivity index is 1.89. The molecule has 0 aliphatic carbocycles. The molecule has 3 rings (SSSR count). The Bertz CT molecular complexity index is 991. The topological polar surface area (TPSA) is 67.2 Å². The van der Waals surface area contributed by atoms with Crippen molar-refractivity contribution in [2.75, 3.05) is 24.3 Å². The summed E-state index contributed by atoms with van der Waals surface area (Å²) in [5.74, 6) is 0.365. The number of anilines is 2. The number of carbonyl (C=O) groups is 1. The van der Waals surface area contributed by atoms with Crippen molar-refractivity contribution >= 4 is 28.2 Å². The summed E-state index contributed by atoms with van der Waals surface area (Å²) in [5.41, 5.74) is 1.63. The molecular weight excluding hydrogens is 328 g/mol. The van der Waals surface area contributed by atoms with Crippen LogP contribution in [0.2, 0.25) is 0 Å². The van der Waals surface area contributed by atoms with E-state index < -0.39 is 0 Å². The normalized spacial score (nSPS) is 10.7. The summed E-state index contributed by atoms with van der Waals surface area (Å²) in [7, 11) is 3.72. The van der Waals surface area contributed by atoms with Crippen molar-refractivity contribution in [3.63, 3.8) is 0 Å². The lowest BCUT2D eigenvalue weighted by Gasteiger charge is -2.16. The van der Waals surface area contributed by atoms with Crippen molar-refractivity contribution in [3.8, 4) is 0 Å². The highest BCUT2D eigenvalue weighted by atomic mass is 16.2. The fourth-order valence-corrected chi connectivity index (χ4v) is 2.82. The molecule has 6 nitrogen and oxygen atoms in total. The van der Waals surface area contributed by atoms with E-state index in [1.807, 2.05) is 61.5 Å². The predicted molar refractivity (Wildman–Crippen MR) is 105 cm³/mol. The van der Waals surface area contributed by atoms with Crippen LogP contribution in [-0.4, -0.2) is 29.8 Å². The minimum atomic E-state index is -0.288. The number of hydrogen-bond donors (Lipinski definition) is 1. The maximum absolute atomic E-state index is 12.7. The second-order valence-corrected chi connectivity index (χ2v) is 6.33. The van der Waals surface area contributed by atoms with Gasteiger partial charge in [0.1, 0.15) is 6.54 Å². The van der Waals surface area contributed by atoms with Gasteiger partial charge in [-0.3, -0.25) is 9.59 Å². The fraction of sp³-hybridized carbons (Fsp3) is 0.250. The molecule has 0 bridgehead atoms. The molecule has 0 aliphatic rings. The highest BCUT2D eigenvalue weighted by Gasteiger charge is 2.14. The molecule has 26 heavy (non-hydrogen) atoms. The average molecular weight is 350 g/mol. The van der Waals surface area contributed by atoms with E-state index in [0.717, 1.165) is 11.8 Å². The molecule has 0 fully saturated rings. The van der Waals surface area contributed by atoms with Gasteiger partial charge in [-0.05, 0) is 30.2 Å². The summed E-state index contributed by atoms with van der Waals surface area (Å²) in [6.45, 7) is 1.94. The SMILES string of the molecule is CCc1ccc(NC(=O)Cn2nc(N(C)C)c3ccccc3c2=O)cc1. The predicted octanol–water partition coefficient (Wildman–Crippen LogP) is 2.66. The van der Waals surface area contributed by atoms with Gasteiger partial charge in [-0.1, -0.05) is 37.3 Å². The Hall–Kier alpha value is -3.15. The van der Waals surface area contributed by atoms with E-state index in [0.29, 0.717) is 16.9 Å². The summed E-state index contributed by atoms with van der Waals surface area (Å²) < 4.78 is 1.22. The lowest BCUT2D eigenvalue weighted by molar-refractivity contribution is -0.117. The first kappa shape index (κ1) is 17.7. The van der Waals surface area contributed by atoms with Crippen LogP contribution >= 0.6 is 0 Å². The van der Waals surface area contributed by atoms with Crippen LogP contribution in [0, 0.1) is 0 Å². The smallest absolute Gasteiger partial charge is 0.275 e. The zero-order valence-electron chi connectivity index (χ0n) is 15.2. The van der Waals surface area contributed by atoms with Crippen molar-refractivity contribution in [1.29, 1.82) is 0 Å². The molecule has 1 heterocycles. The summed E-state index contributed by atoms with van der Waals surface area (Å²) >= 11 is 0. The fourth-order valence-electron chi connectivity index (χ4n) is 2.82. The van der Waals surface area contributed by atoms with Gasteiger partial charge in [0.15, 0.2) is 5.82 Å². The second kappa shape index (κ2) is 7.39. The largest absolute Gasteiger partial charge is 0.361 e. The van der Waals surface area contributed by atoms with Gasteiger partial charge in [-0.15, -0.1) is 0 Å². The molecule has 0 aliphatic heterocycles. The molecule has 0 atom stereocenters. The lowest BCUT2D eigenvalue weighted by Crippen LogP contribution is -2.31. The first-order valence-electron chi connectivity index (χ1n) is 8.55. The third-order valence-corrected chi connectivity index (χ3v) is 4.21. The van der Waals surface area contributed by atoms with E-state index in [2.05, 4.69) is 17.3 Å². The number of carbonyl (C=O) groups excluding carboxylic acids is 1. The highest BCUT2D eigenvalue weighted by molar-refractivity contribution is 5.93. The Morgan fingerprint density at radius 2 is 1.73 bits per heavy atom. The van der Waals surface area contributed by atoms with Crippen LogP contribution in [0.5, 0.6) is 0 Å². The Morgan fingerprint density at radius 3 is 2.35 bits per heavy atom. The minimum absolute atomic E-state index is 0.139. The van der Waals surface area contributed by atoms with Crippen LogP contribution < -0.4 is 15.8 Å². The van der Waals surface area contributed by atoms with Crippen molar-refractivity contribution in [2.24, 2.45) is 0 Å². The number of aromatic nitrogens is 2. The molecule has 0 spiro atoms. The first-order chi connectivity index (χ1) is 12.5. The van der Waals surface area contributed by atoms with Gasteiger partial charge in [-0.25, -0.2) is 4.68 Å². The molecule has 0 unspecified atom stereocenters. The van der Waals surface area contributed by atoms with Crippen LogP contribution in [-0.2, 0) is 17.8 Å². The van der Waals surface area contributed by atoms with Crippen LogP contribution in [0.15, 0.2) is 53.3 Å². The molecule has 1 N–H and O–H groups in total. The van der Waals surface area contributed by atoms with E-state index in [-0.39, 0.29) is 18.0 Å². The molecule has 1 aromatic heterocycles. The van der Waals surface area contributed by atoms with E-state index in [9.17, 15) is 9.59 Å². The van der Waals surface area contributed by atoms with Crippen molar-refractivity contribution in [1.82, 2.24) is 9.78 Å². The molecule has 0 saturated heterocycles. The summed E-state index contributed by atoms with van der Waals surface area (Å²) in [5, 5.41) is 8.51. The summed E-state index contributed by atoms with van der Waals surface area (Å²) in [6, 6.07) is 15.0. The van der Waals surface area contributed by atoms with Gasteiger partial charge in [0.25, 0.3) is 5.56 Å². The second-order valence-electron chi connectivity index (χ2n) is 6.33. The van der Waals surface area contributed by atoms with Crippen LogP contribution in [0.3, 0.4) is 0 Å². The van der Waals surface area contributed by atoms with Gasteiger partial charge < -0.3 is 10.2 Å². The minimum Gasteiger partial charge on any atom is -0.361 e. The molecule has 134 valence electrons. The number of benzene rings is 2. The van der Waals surface area contributed by atoms with E-state index in [1.165, 1.54) is 10.2 Å². The third kappa shape index (κ3) is 3.59. The quantitative estimate of drug-likeness (QED) is 0.768. The Kier molecular flexibility index (Phi) is 5.02. The van der Waals surface area contributed by atoms with Gasteiger partial charge in [0.2, 0.25) is 5.91 Å². The van der Waals surface area contributed by atoms with E-state index >= 15 is 0 Å². The monoisotopic (exact) mass is 350 g/mol. The van der Waals surface area contributed by atoms with Crippen LogP contribution in [0.25, 0.3) is 10.8 Å². The number of fused-ring (bicyclic) bond motifs is 1. The average Bonchev–Trinajstić information content (AvgIpc) is 2.64. The molecule has 3 aromatic rings. The molecule has 0 saturated carbocycles. The standard InChI is InChI=1S/C20H22N4O2/c1-4-14-9-11-15(12-10-14)21-18(25)13-24-20(26)17-8-6-5-7-16(17)19(22-24)23(2)3/h5-12H,4,13H2,1-3H3,(H,21,25). The van der Waals surface area contributed by atoms with Crippen molar-refractivity contribution < 1.29 is 4.79 Å². The van der Waals surface area contributed by atoms with Gasteiger partial charge in [-0.2, -0.15) is 5.10 Å². The summed E-state index contributed by atoms with van der Waals surface area (Å²) in [4.78, 5) is 26.9. The molecule has 2 aromatic carbocycles.